The summed E-state index contributed by atoms with van der Waals surface area (Å²) in [7, 11) is 0. The summed E-state index contributed by atoms with van der Waals surface area (Å²) in [6.45, 7) is 0. The van der Waals surface area contributed by atoms with Gasteiger partial charge in [-0.3, -0.25) is 9.78 Å². The molecular formula is C11H8N2O3. The average Bonchev–Trinajstić information content (AvgIpc) is 2.29. The number of pyridine rings is 2. The van der Waals surface area contributed by atoms with Crippen LogP contribution in [0.25, 0.3) is 11.3 Å². The molecule has 16 heavy (non-hydrogen) atoms. The summed E-state index contributed by atoms with van der Waals surface area (Å²) >= 11 is 0. The zero-order chi connectivity index (χ0) is 11.5. The highest BCUT2D eigenvalue weighted by atomic mass is 16.4. The third-order valence-corrected chi connectivity index (χ3v) is 2.05. The van der Waals surface area contributed by atoms with Crippen LogP contribution in [0.5, 0.6) is 0 Å². The molecule has 0 saturated heterocycles. The number of aromatic nitrogens is 2. The lowest BCUT2D eigenvalue weighted by Gasteiger charge is -2.02. The van der Waals surface area contributed by atoms with E-state index in [1.807, 2.05) is 0 Å². The lowest BCUT2D eigenvalue weighted by atomic mass is 10.2. The van der Waals surface area contributed by atoms with E-state index in [1.165, 1.54) is 6.07 Å². The largest absolute Gasteiger partial charge is 0.477 e. The van der Waals surface area contributed by atoms with Crippen LogP contribution in [0.4, 0.5) is 0 Å². The smallest absolute Gasteiger partial charge is 0.352 e. The lowest BCUT2D eigenvalue weighted by Crippen LogP contribution is -2.09. The van der Waals surface area contributed by atoms with Crippen molar-refractivity contribution in [3.63, 3.8) is 0 Å². The van der Waals surface area contributed by atoms with Gasteiger partial charge >= 0.3 is 5.97 Å². The number of hydrogen-bond acceptors (Lipinski definition) is 3. The number of nitrogens with one attached hydrogen (secondary N) is 1. The van der Waals surface area contributed by atoms with E-state index in [9.17, 15) is 9.59 Å². The zero-order valence-corrected chi connectivity index (χ0v) is 8.18. The maximum atomic E-state index is 11.3. The summed E-state index contributed by atoms with van der Waals surface area (Å²) in [5.74, 6) is -1.16. The predicted octanol–water partition coefficient (Wildman–Crippen LogP) is 1.14. The van der Waals surface area contributed by atoms with E-state index < -0.39 is 5.97 Å². The molecule has 0 atom stereocenters. The highest BCUT2D eigenvalue weighted by Crippen LogP contribution is 2.13. The summed E-state index contributed by atoms with van der Waals surface area (Å²) in [6.07, 6.45) is 3.15. The van der Waals surface area contributed by atoms with Gasteiger partial charge < -0.3 is 10.1 Å². The second-order valence-electron chi connectivity index (χ2n) is 3.19. The van der Waals surface area contributed by atoms with Gasteiger partial charge in [0.15, 0.2) is 5.43 Å². The Morgan fingerprint density at radius 1 is 1.38 bits per heavy atom. The SMILES string of the molecule is O=C(O)c1cc(=O)cc(-c2cccnc2)[nH]1. The number of aromatic carboxylic acids is 1. The molecule has 5 heteroatoms. The van der Waals surface area contributed by atoms with Crippen LogP contribution >= 0.6 is 0 Å². The molecule has 2 heterocycles. The minimum Gasteiger partial charge on any atom is -0.477 e. The third-order valence-electron chi connectivity index (χ3n) is 2.05. The first kappa shape index (κ1) is 10.1. The normalized spacial score (nSPS) is 10.0. The first-order chi connectivity index (χ1) is 7.66. The van der Waals surface area contributed by atoms with Gasteiger partial charge in [0.1, 0.15) is 5.69 Å². The van der Waals surface area contributed by atoms with Crippen LogP contribution in [0.2, 0.25) is 0 Å². The van der Waals surface area contributed by atoms with Gasteiger partial charge in [-0.05, 0) is 12.1 Å². The summed E-state index contributed by atoms with van der Waals surface area (Å²) in [5, 5.41) is 8.79. The number of carboxylic acid groups (broad SMARTS) is 1. The number of carboxylic acids is 1. The minimum atomic E-state index is -1.16. The van der Waals surface area contributed by atoms with E-state index in [0.717, 1.165) is 6.07 Å². The molecule has 5 nitrogen and oxygen atoms in total. The topological polar surface area (TPSA) is 83.0 Å². The Bertz CT molecular complexity index is 575. The summed E-state index contributed by atoms with van der Waals surface area (Å²) in [5.41, 5.74) is 0.627. The molecule has 0 radical (unpaired) electrons. The van der Waals surface area contributed by atoms with Gasteiger partial charge in [0.25, 0.3) is 0 Å². The molecule has 0 aliphatic heterocycles. The molecule has 0 fully saturated rings. The minimum absolute atomic E-state index is 0.133. The molecule has 0 amide bonds. The molecular weight excluding hydrogens is 208 g/mol. The molecule has 2 aromatic rings. The number of carbonyl (C=O) groups is 1. The van der Waals surface area contributed by atoms with Gasteiger partial charge in [-0.25, -0.2) is 4.79 Å². The number of nitrogens with zero attached hydrogens (tertiary/aromatic N) is 1. The van der Waals surface area contributed by atoms with Crippen LogP contribution in [0.3, 0.4) is 0 Å². The Labute approximate surface area is 90.4 Å². The Morgan fingerprint density at radius 2 is 2.19 bits per heavy atom. The average molecular weight is 216 g/mol. The van der Waals surface area contributed by atoms with Crippen molar-refractivity contribution in [1.82, 2.24) is 9.97 Å². The fourth-order valence-corrected chi connectivity index (χ4v) is 1.34. The van der Waals surface area contributed by atoms with Crippen LogP contribution < -0.4 is 5.43 Å². The van der Waals surface area contributed by atoms with Gasteiger partial charge in [0, 0.05) is 30.1 Å². The van der Waals surface area contributed by atoms with Crippen LogP contribution in [-0.4, -0.2) is 21.0 Å². The number of H-pyrrole nitrogens is 1. The van der Waals surface area contributed by atoms with Crippen molar-refractivity contribution in [2.24, 2.45) is 0 Å². The Balaban J connectivity index is 2.58. The van der Waals surface area contributed by atoms with E-state index in [0.29, 0.717) is 11.3 Å². The molecule has 0 aliphatic rings. The van der Waals surface area contributed by atoms with Gasteiger partial charge in [-0.15, -0.1) is 0 Å². The molecule has 2 N–H and O–H groups in total. The second kappa shape index (κ2) is 3.98. The van der Waals surface area contributed by atoms with Crippen LogP contribution in [0.1, 0.15) is 10.5 Å². The Kier molecular flexibility index (Phi) is 2.51. The first-order valence-electron chi connectivity index (χ1n) is 4.55. The van der Waals surface area contributed by atoms with Crippen LogP contribution in [0.15, 0.2) is 41.5 Å². The summed E-state index contributed by atoms with van der Waals surface area (Å²) < 4.78 is 0. The lowest BCUT2D eigenvalue weighted by molar-refractivity contribution is 0.0690. The van der Waals surface area contributed by atoms with Crippen molar-refractivity contribution in [3.05, 3.63) is 52.6 Å². The highest BCUT2D eigenvalue weighted by molar-refractivity contribution is 5.86. The van der Waals surface area contributed by atoms with E-state index in [4.69, 9.17) is 5.11 Å². The summed E-state index contributed by atoms with van der Waals surface area (Å²) in [4.78, 5) is 28.6. The highest BCUT2D eigenvalue weighted by Gasteiger charge is 2.07. The summed E-state index contributed by atoms with van der Waals surface area (Å²) in [6, 6.07) is 5.83. The molecule has 0 aromatic carbocycles. The van der Waals surface area contributed by atoms with Crippen molar-refractivity contribution < 1.29 is 9.90 Å². The van der Waals surface area contributed by atoms with Crippen LogP contribution in [0, 0.1) is 0 Å². The fourth-order valence-electron chi connectivity index (χ4n) is 1.34. The molecule has 2 aromatic heterocycles. The van der Waals surface area contributed by atoms with E-state index in [1.54, 1.807) is 24.5 Å². The standard InChI is InChI=1S/C11H8N2O3/c14-8-4-9(7-2-1-3-12-6-7)13-10(5-8)11(15)16/h1-6H,(H,13,14)(H,15,16). The molecule has 0 spiro atoms. The number of hydrogen-bond donors (Lipinski definition) is 2. The fraction of sp³-hybridized carbons (Fsp3) is 0. The molecule has 0 saturated carbocycles. The predicted molar refractivity (Wildman–Crippen MR) is 57.3 cm³/mol. The van der Waals surface area contributed by atoms with Gasteiger partial charge in [0.2, 0.25) is 0 Å². The van der Waals surface area contributed by atoms with E-state index >= 15 is 0 Å². The van der Waals surface area contributed by atoms with Crippen molar-refractivity contribution in [1.29, 1.82) is 0 Å². The molecule has 2 rings (SSSR count). The molecule has 0 unspecified atom stereocenters. The first-order valence-corrected chi connectivity index (χ1v) is 4.55. The second-order valence-corrected chi connectivity index (χ2v) is 3.19. The third kappa shape index (κ3) is 1.98. The van der Waals surface area contributed by atoms with Gasteiger partial charge in [-0.1, -0.05) is 0 Å². The monoisotopic (exact) mass is 216 g/mol. The maximum Gasteiger partial charge on any atom is 0.352 e. The Hall–Kier alpha value is -2.43. The van der Waals surface area contributed by atoms with Crippen molar-refractivity contribution >= 4 is 5.97 Å². The zero-order valence-electron chi connectivity index (χ0n) is 8.18. The van der Waals surface area contributed by atoms with E-state index in [-0.39, 0.29) is 11.1 Å². The van der Waals surface area contributed by atoms with Crippen molar-refractivity contribution in [2.45, 2.75) is 0 Å². The van der Waals surface area contributed by atoms with Crippen molar-refractivity contribution in [2.75, 3.05) is 0 Å². The molecule has 80 valence electrons. The van der Waals surface area contributed by atoms with Gasteiger partial charge in [0.05, 0.1) is 5.69 Å². The van der Waals surface area contributed by atoms with Crippen LogP contribution in [-0.2, 0) is 0 Å². The maximum absolute atomic E-state index is 11.3. The Morgan fingerprint density at radius 3 is 2.81 bits per heavy atom. The van der Waals surface area contributed by atoms with Gasteiger partial charge in [-0.2, -0.15) is 0 Å². The number of rotatable bonds is 2. The van der Waals surface area contributed by atoms with Crippen molar-refractivity contribution in [3.8, 4) is 11.3 Å². The molecule has 0 aliphatic carbocycles. The molecule has 0 bridgehead atoms. The van der Waals surface area contributed by atoms with E-state index in [2.05, 4.69) is 9.97 Å². The quantitative estimate of drug-likeness (QED) is 0.788. The number of aromatic amines is 1.